The summed E-state index contributed by atoms with van der Waals surface area (Å²) in [5.41, 5.74) is 1.24. The molecule has 0 atom stereocenters. The summed E-state index contributed by atoms with van der Waals surface area (Å²) in [5, 5.41) is 3.44. The van der Waals surface area contributed by atoms with Crippen LogP contribution in [-0.2, 0) is 6.54 Å². The molecule has 0 radical (unpaired) electrons. The molecule has 1 aliphatic rings. The first-order valence-electron chi connectivity index (χ1n) is 8.22. The van der Waals surface area contributed by atoms with Crippen LogP contribution in [0.25, 0.3) is 0 Å². The van der Waals surface area contributed by atoms with Crippen LogP contribution in [0.5, 0.6) is 11.5 Å². The molecule has 118 valence electrons. The molecular weight excluding hydrogens is 262 g/mol. The molecule has 0 bridgehead atoms. The van der Waals surface area contributed by atoms with Crippen molar-refractivity contribution in [2.75, 3.05) is 13.7 Å². The number of benzene rings is 1. The Balaban J connectivity index is 1.96. The minimum absolute atomic E-state index is 0.485. The molecule has 0 aliphatic heterocycles. The van der Waals surface area contributed by atoms with Gasteiger partial charge in [-0.2, -0.15) is 0 Å². The molecule has 0 unspecified atom stereocenters. The molecule has 1 aliphatic carbocycles. The van der Waals surface area contributed by atoms with Gasteiger partial charge in [0.1, 0.15) is 0 Å². The smallest absolute Gasteiger partial charge is 0.161 e. The molecule has 0 heterocycles. The van der Waals surface area contributed by atoms with E-state index in [1.807, 2.05) is 6.07 Å². The highest BCUT2D eigenvalue weighted by molar-refractivity contribution is 5.43. The fraction of sp³-hybridized carbons (Fsp3) is 0.667. The van der Waals surface area contributed by atoms with Gasteiger partial charge in [0.25, 0.3) is 0 Å². The monoisotopic (exact) mass is 291 g/mol. The largest absolute Gasteiger partial charge is 0.493 e. The summed E-state index contributed by atoms with van der Waals surface area (Å²) in [4.78, 5) is 0. The van der Waals surface area contributed by atoms with Crippen molar-refractivity contribution in [1.29, 1.82) is 0 Å². The average molecular weight is 291 g/mol. The van der Waals surface area contributed by atoms with Gasteiger partial charge in [-0.05, 0) is 36.5 Å². The maximum Gasteiger partial charge on any atom is 0.161 e. The summed E-state index contributed by atoms with van der Waals surface area (Å²) in [6, 6.07) is 6.70. The number of hydrogen-bond donors (Lipinski definition) is 1. The quantitative estimate of drug-likeness (QED) is 0.818. The Morgan fingerprint density at radius 2 is 1.90 bits per heavy atom. The van der Waals surface area contributed by atoms with Gasteiger partial charge in [-0.25, -0.2) is 0 Å². The molecule has 1 saturated carbocycles. The predicted molar refractivity (Wildman–Crippen MR) is 87.0 cm³/mol. The molecule has 1 aromatic rings. The van der Waals surface area contributed by atoms with E-state index in [9.17, 15) is 0 Å². The van der Waals surface area contributed by atoms with Crippen LogP contribution in [0.3, 0.4) is 0 Å². The third-order valence-electron chi connectivity index (χ3n) is 4.14. The van der Waals surface area contributed by atoms with Crippen molar-refractivity contribution in [3.8, 4) is 11.5 Å². The molecule has 21 heavy (non-hydrogen) atoms. The van der Waals surface area contributed by atoms with Gasteiger partial charge >= 0.3 is 0 Å². The summed E-state index contributed by atoms with van der Waals surface area (Å²) >= 11 is 0. The standard InChI is InChI=1S/C18H29NO2/c1-14(2)19-12-16-9-10-17(20-3)18(11-16)21-13-15-7-5-4-6-8-15/h9-11,14-15,19H,4-8,12-13H2,1-3H3. The maximum absolute atomic E-state index is 6.06. The van der Waals surface area contributed by atoms with Gasteiger partial charge < -0.3 is 14.8 Å². The first-order chi connectivity index (χ1) is 10.2. The van der Waals surface area contributed by atoms with Gasteiger partial charge in [-0.15, -0.1) is 0 Å². The lowest BCUT2D eigenvalue weighted by molar-refractivity contribution is 0.202. The van der Waals surface area contributed by atoms with E-state index in [4.69, 9.17) is 9.47 Å². The van der Waals surface area contributed by atoms with Crippen molar-refractivity contribution in [3.63, 3.8) is 0 Å². The Labute approximate surface area is 129 Å². The zero-order valence-electron chi connectivity index (χ0n) is 13.7. The van der Waals surface area contributed by atoms with Crippen molar-refractivity contribution < 1.29 is 9.47 Å². The second-order valence-electron chi connectivity index (χ2n) is 6.34. The molecule has 0 amide bonds. The van der Waals surface area contributed by atoms with Crippen molar-refractivity contribution >= 4 is 0 Å². The van der Waals surface area contributed by atoms with Crippen LogP contribution in [0, 0.1) is 5.92 Å². The summed E-state index contributed by atoms with van der Waals surface area (Å²) in [5.74, 6) is 2.42. The topological polar surface area (TPSA) is 30.5 Å². The molecule has 0 aromatic heterocycles. The predicted octanol–water partition coefficient (Wildman–Crippen LogP) is 4.15. The summed E-state index contributed by atoms with van der Waals surface area (Å²) in [6.07, 6.45) is 6.69. The minimum atomic E-state index is 0.485. The van der Waals surface area contributed by atoms with Crippen LogP contribution in [-0.4, -0.2) is 19.8 Å². The van der Waals surface area contributed by atoms with E-state index in [1.165, 1.54) is 37.7 Å². The van der Waals surface area contributed by atoms with Crippen LogP contribution >= 0.6 is 0 Å². The van der Waals surface area contributed by atoms with E-state index in [0.29, 0.717) is 12.0 Å². The van der Waals surface area contributed by atoms with E-state index in [-0.39, 0.29) is 0 Å². The van der Waals surface area contributed by atoms with Crippen LogP contribution in [0.4, 0.5) is 0 Å². The number of ether oxygens (including phenoxy) is 2. The first kappa shape index (κ1) is 16.2. The molecule has 0 spiro atoms. The third kappa shape index (κ3) is 5.24. The Kier molecular flexibility index (Phi) is 6.37. The number of hydrogen-bond acceptors (Lipinski definition) is 3. The average Bonchev–Trinajstić information content (AvgIpc) is 2.52. The van der Waals surface area contributed by atoms with Crippen molar-refractivity contribution in [2.45, 2.75) is 58.5 Å². The van der Waals surface area contributed by atoms with Gasteiger partial charge in [-0.1, -0.05) is 39.2 Å². The fourth-order valence-corrected chi connectivity index (χ4v) is 2.83. The Hall–Kier alpha value is -1.22. The van der Waals surface area contributed by atoms with Crippen molar-refractivity contribution in [1.82, 2.24) is 5.32 Å². The van der Waals surface area contributed by atoms with E-state index in [1.54, 1.807) is 7.11 Å². The summed E-state index contributed by atoms with van der Waals surface area (Å²) in [7, 11) is 1.70. The Morgan fingerprint density at radius 1 is 1.14 bits per heavy atom. The van der Waals surface area contributed by atoms with Crippen LogP contribution in [0.2, 0.25) is 0 Å². The highest BCUT2D eigenvalue weighted by Crippen LogP contribution is 2.30. The van der Waals surface area contributed by atoms with Crippen molar-refractivity contribution in [2.24, 2.45) is 5.92 Å². The van der Waals surface area contributed by atoms with Crippen LogP contribution in [0.15, 0.2) is 18.2 Å². The lowest BCUT2D eigenvalue weighted by atomic mass is 9.90. The zero-order valence-corrected chi connectivity index (χ0v) is 13.7. The van der Waals surface area contributed by atoms with E-state index in [2.05, 4.69) is 31.3 Å². The first-order valence-corrected chi connectivity index (χ1v) is 8.22. The molecule has 0 saturated heterocycles. The molecule has 1 N–H and O–H groups in total. The fourth-order valence-electron chi connectivity index (χ4n) is 2.83. The maximum atomic E-state index is 6.06. The van der Waals surface area contributed by atoms with Crippen LogP contribution < -0.4 is 14.8 Å². The van der Waals surface area contributed by atoms with E-state index in [0.717, 1.165) is 24.7 Å². The lowest BCUT2D eigenvalue weighted by Crippen LogP contribution is -2.21. The van der Waals surface area contributed by atoms with Crippen molar-refractivity contribution in [3.05, 3.63) is 23.8 Å². The van der Waals surface area contributed by atoms with Crippen LogP contribution in [0.1, 0.15) is 51.5 Å². The molecule has 3 nitrogen and oxygen atoms in total. The second-order valence-corrected chi connectivity index (χ2v) is 6.34. The highest BCUT2D eigenvalue weighted by Gasteiger charge is 2.15. The SMILES string of the molecule is COc1ccc(CNC(C)C)cc1OCC1CCCCC1. The van der Waals surface area contributed by atoms with Gasteiger partial charge in [0, 0.05) is 12.6 Å². The molecule has 3 heteroatoms. The summed E-state index contributed by atoms with van der Waals surface area (Å²) < 4.78 is 11.5. The molecular formula is C18H29NO2. The zero-order chi connectivity index (χ0) is 15.1. The lowest BCUT2D eigenvalue weighted by Gasteiger charge is -2.22. The second kappa shape index (κ2) is 8.28. The number of methoxy groups -OCH3 is 1. The third-order valence-corrected chi connectivity index (χ3v) is 4.14. The molecule has 1 fully saturated rings. The molecule has 2 rings (SSSR count). The highest BCUT2D eigenvalue weighted by atomic mass is 16.5. The van der Waals surface area contributed by atoms with Gasteiger partial charge in [0.15, 0.2) is 11.5 Å². The number of rotatable bonds is 7. The van der Waals surface area contributed by atoms with E-state index < -0.39 is 0 Å². The minimum Gasteiger partial charge on any atom is -0.493 e. The Morgan fingerprint density at radius 3 is 2.57 bits per heavy atom. The normalized spacial score (nSPS) is 16.2. The Bertz CT molecular complexity index is 425. The molecule has 1 aromatic carbocycles. The number of nitrogens with one attached hydrogen (secondary N) is 1. The van der Waals surface area contributed by atoms with E-state index >= 15 is 0 Å². The van der Waals surface area contributed by atoms with Gasteiger partial charge in [0.2, 0.25) is 0 Å². The van der Waals surface area contributed by atoms with Gasteiger partial charge in [0.05, 0.1) is 13.7 Å². The van der Waals surface area contributed by atoms with Gasteiger partial charge in [-0.3, -0.25) is 0 Å². The summed E-state index contributed by atoms with van der Waals surface area (Å²) in [6.45, 7) is 5.99.